The smallest absolute Gasteiger partial charge is 0.0604 e. The maximum absolute atomic E-state index is 9.62. The minimum absolute atomic E-state index is 0.255. The Balaban J connectivity index is 2.53. The highest BCUT2D eigenvalue weighted by atomic mass is 16.3. The minimum Gasteiger partial charge on any atom is -0.393 e. The van der Waals surface area contributed by atoms with Gasteiger partial charge in [0.05, 0.1) is 12.3 Å². The van der Waals surface area contributed by atoms with E-state index in [0.717, 1.165) is 12.1 Å². The van der Waals surface area contributed by atoms with Gasteiger partial charge in [-0.3, -0.25) is 4.68 Å². The lowest BCUT2D eigenvalue weighted by Gasteiger charge is -2.12. The molecule has 0 saturated carbocycles. The first-order valence-corrected chi connectivity index (χ1v) is 4.83. The molecule has 0 amide bonds. The molecule has 1 atom stereocenters. The van der Waals surface area contributed by atoms with Gasteiger partial charge in [0.15, 0.2) is 0 Å². The molecule has 1 rings (SSSR count). The number of rotatable bonds is 4. The average Bonchev–Trinajstić information content (AvgIpc) is 2.52. The molecule has 0 saturated heterocycles. The van der Waals surface area contributed by atoms with Crippen LogP contribution in [0.3, 0.4) is 0 Å². The monoisotopic (exact) mass is 182 g/mol. The summed E-state index contributed by atoms with van der Waals surface area (Å²) in [5.41, 5.74) is 1.11. The summed E-state index contributed by atoms with van der Waals surface area (Å²) in [4.78, 5) is 0. The van der Waals surface area contributed by atoms with E-state index in [9.17, 15) is 5.11 Å². The standard InChI is InChI=1S/C10H18N2O/c1-4-12-7-9(6-11-12)5-10(13)8(2)3/h6-8,10,13H,4-5H2,1-3H3. The Morgan fingerprint density at radius 1 is 1.54 bits per heavy atom. The predicted octanol–water partition coefficient (Wildman–Crippen LogP) is 1.46. The van der Waals surface area contributed by atoms with Crippen molar-refractivity contribution in [1.29, 1.82) is 0 Å². The Bertz CT molecular complexity index is 255. The Kier molecular flexibility index (Phi) is 3.48. The fourth-order valence-corrected chi connectivity index (χ4v) is 1.16. The van der Waals surface area contributed by atoms with E-state index in [1.165, 1.54) is 0 Å². The van der Waals surface area contributed by atoms with Gasteiger partial charge in [-0.2, -0.15) is 5.10 Å². The molecule has 0 fully saturated rings. The number of aliphatic hydroxyl groups excluding tert-OH is 1. The van der Waals surface area contributed by atoms with Gasteiger partial charge in [0.2, 0.25) is 0 Å². The van der Waals surface area contributed by atoms with Crippen molar-refractivity contribution in [2.75, 3.05) is 0 Å². The second kappa shape index (κ2) is 4.42. The van der Waals surface area contributed by atoms with Gasteiger partial charge in [-0.15, -0.1) is 0 Å². The Hall–Kier alpha value is -0.830. The van der Waals surface area contributed by atoms with Gasteiger partial charge in [0.25, 0.3) is 0 Å². The molecule has 1 heterocycles. The number of hydrogen-bond acceptors (Lipinski definition) is 2. The van der Waals surface area contributed by atoms with Crippen molar-refractivity contribution in [3.05, 3.63) is 18.0 Å². The van der Waals surface area contributed by atoms with Crippen LogP contribution in [-0.2, 0) is 13.0 Å². The zero-order valence-corrected chi connectivity index (χ0v) is 8.57. The SMILES string of the molecule is CCn1cc(CC(O)C(C)C)cn1. The molecule has 1 unspecified atom stereocenters. The predicted molar refractivity (Wildman–Crippen MR) is 52.4 cm³/mol. The van der Waals surface area contributed by atoms with Gasteiger partial charge in [0.1, 0.15) is 0 Å². The van der Waals surface area contributed by atoms with Crippen molar-refractivity contribution in [1.82, 2.24) is 9.78 Å². The van der Waals surface area contributed by atoms with Crippen LogP contribution < -0.4 is 0 Å². The highest BCUT2D eigenvalue weighted by molar-refractivity contribution is 5.05. The van der Waals surface area contributed by atoms with E-state index in [-0.39, 0.29) is 6.10 Å². The first-order chi connectivity index (χ1) is 6.13. The van der Waals surface area contributed by atoms with Crippen LogP contribution in [0.25, 0.3) is 0 Å². The van der Waals surface area contributed by atoms with Gasteiger partial charge in [0, 0.05) is 19.2 Å². The number of nitrogens with zero attached hydrogens (tertiary/aromatic N) is 2. The molecule has 1 aromatic rings. The topological polar surface area (TPSA) is 38.0 Å². The molecule has 74 valence electrons. The highest BCUT2D eigenvalue weighted by Crippen LogP contribution is 2.09. The molecule has 0 aromatic carbocycles. The highest BCUT2D eigenvalue weighted by Gasteiger charge is 2.10. The summed E-state index contributed by atoms with van der Waals surface area (Å²) in [5, 5.41) is 13.8. The van der Waals surface area contributed by atoms with E-state index in [0.29, 0.717) is 12.3 Å². The molecule has 0 bridgehead atoms. The van der Waals surface area contributed by atoms with Crippen LogP contribution in [0.5, 0.6) is 0 Å². The molecule has 13 heavy (non-hydrogen) atoms. The van der Waals surface area contributed by atoms with Gasteiger partial charge >= 0.3 is 0 Å². The van der Waals surface area contributed by atoms with Crippen LogP contribution in [0.1, 0.15) is 26.3 Å². The molecule has 1 N–H and O–H groups in total. The number of aromatic nitrogens is 2. The third-order valence-corrected chi connectivity index (χ3v) is 2.23. The molecule has 0 aliphatic carbocycles. The zero-order valence-electron chi connectivity index (χ0n) is 8.57. The molecule has 0 spiro atoms. The lowest BCUT2D eigenvalue weighted by atomic mass is 10.0. The van der Waals surface area contributed by atoms with Crippen LogP contribution >= 0.6 is 0 Å². The van der Waals surface area contributed by atoms with Crippen molar-refractivity contribution in [3.8, 4) is 0 Å². The van der Waals surface area contributed by atoms with Crippen molar-refractivity contribution in [2.45, 2.75) is 39.8 Å². The summed E-state index contributed by atoms with van der Waals surface area (Å²) >= 11 is 0. The largest absolute Gasteiger partial charge is 0.393 e. The van der Waals surface area contributed by atoms with Gasteiger partial charge in [-0.25, -0.2) is 0 Å². The summed E-state index contributed by atoms with van der Waals surface area (Å²) < 4.78 is 1.88. The minimum atomic E-state index is -0.255. The van der Waals surface area contributed by atoms with E-state index in [4.69, 9.17) is 0 Å². The fourth-order valence-electron chi connectivity index (χ4n) is 1.16. The fraction of sp³-hybridized carbons (Fsp3) is 0.700. The maximum atomic E-state index is 9.62. The number of hydrogen-bond donors (Lipinski definition) is 1. The molecular weight excluding hydrogens is 164 g/mol. The van der Waals surface area contributed by atoms with Gasteiger partial charge in [-0.1, -0.05) is 13.8 Å². The second-order valence-electron chi connectivity index (χ2n) is 3.72. The molecule has 0 radical (unpaired) electrons. The van der Waals surface area contributed by atoms with Crippen LogP contribution in [0.15, 0.2) is 12.4 Å². The van der Waals surface area contributed by atoms with Gasteiger partial charge in [-0.05, 0) is 18.4 Å². The Labute approximate surface area is 79.4 Å². The van der Waals surface area contributed by atoms with Gasteiger partial charge < -0.3 is 5.11 Å². The average molecular weight is 182 g/mol. The van der Waals surface area contributed by atoms with E-state index in [1.54, 1.807) is 0 Å². The summed E-state index contributed by atoms with van der Waals surface area (Å²) in [6.07, 6.45) is 4.27. The first-order valence-electron chi connectivity index (χ1n) is 4.83. The lowest BCUT2D eigenvalue weighted by molar-refractivity contribution is 0.125. The van der Waals surface area contributed by atoms with E-state index in [2.05, 4.69) is 12.0 Å². The first kappa shape index (κ1) is 10.3. The molecule has 3 heteroatoms. The molecule has 0 aliphatic rings. The van der Waals surface area contributed by atoms with Crippen molar-refractivity contribution < 1.29 is 5.11 Å². The normalized spacial score (nSPS) is 13.6. The Morgan fingerprint density at radius 2 is 2.23 bits per heavy atom. The molecule has 0 aliphatic heterocycles. The number of aryl methyl sites for hydroxylation is 1. The zero-order chi connectivity index (χ0) is 9.84. The van der Waals surface area contributed by atoms with E-state index < -0.39 is 0 Å². The van der Waals surface area contributed by atoms with Crippen LogP contribution in [0, 0.1) is 5.92 Å². The van der Waals surface area contributed by atoms with Crippen molar-refractivity contribution in [2.24, 2.45) is 5.92 Å². The number of aliphatic hydroxyl groups is 1. The quantitative estimate of drug-likeness (QED) is 0.765. The van der Waals surface area contributed by atoms with Crippen LogP contribution in [-0.4, -0.2) is 21.0 Å². The molecule has 3 nitrogen and oxygen atoms in total. The summed E-state index contributed by atoms with van der Waals surface area (Å²) in [5.74, 6) is 0.310. The molecular formula is C10H18N2O. The second-order valence-corrected chi connectivity index (χ2v) is 3.72. The van der Waals surface area contributed by atoms with Crippen LogP contribution in [0.4, 0.5) is 0 Å². The summed E-state index contributed by atoms with van der Waals surface area (Å²) in [6.45, 7) is 6.98. The van der Waals surface area contributed by atoms with Crippen molar-refractivity contribution >= 4 is 0 Å². The third-order valence-electron chi connectivity index (χ3n) is 2.23. The van der Waals surface area contributed by atoms with E-state index >= 15 is 0 Å². The van der Waals surface area contributed by atoms with Crippen LogP contribution in [0.2, 0.25) is 0 Å². The third kappa shape index (κ3) is 2.84. The molecule has 1 aromatic heterocycles. The van der Waals surface area contributed by atoms with Crippen molar-refractivity contribution in [3.63, 3.8) is 0 Å². The van der Waals surface area contributed by atoms with E-state index in [1.807, 2.05) is 30.9 Å². The summed E-state index contributed by atoms with van der Waals surface area (Å²) in [6, 6.07) is 0. The maximum Gasteiger partial charge on any atom is 0.0604 e. The Morgan fingerprint density at radius 3 is 2.69 bits per heavy atom. The lowest BCUT2D eigenvalue weighted by Crippen LogP contribution is -2.17. The summed E-state index contributed by atoms with van der Waals surface area (Å²) in [7, 11) is 0.